The summed E-state index contributed by atoms with van der Waals surface area (Å²) >= 11 is 0. The van der Waals surface area contributed by atoms with Gasteiger partial charge in [-0.25, -0.2) is 0 Å². The molecule has 0 radical (unpaired) electrons. The molecule has 1 N–H and O–H groups in total. The van der Waals surface area contributed by atoms with Crippen molar-refractivity contribution in [2.45, 2.75) is 33.6 Å². The van der Waals surface area contributed by atoms with Gasteiger partial charge in [0.2, 0.25) is 0 Å². The van der Waals surface area contributed by atoms with Gasteiger partial charge < -0.3 is 14.8 Å². The van der Waals surface area contributed by atoms with E-state index in [9.17, 15) is 0 Å². The summed E-state index contributed by atoms with van der Waals surface area (Å²) in [6.07, 6.45) is 2.10. The normalized spacial score (nSPS) is 9.43. The van der Waals surface area contributed by atoms with Crippen molar-refractivity contribution in [2.75, 3.05) is 40.0 Å². The molecule has 14 heavy (non-hydrogen) atoms. The zero-order valence-electron chi connectivity index (χ0n) is 10.3. The van der Waals surface area contributed by atoms with Gasteiger partial charge in [0.1, 0.15) is 0 Å². The fraction of sp³-hybridized carbons (Fsp3) is 1.00. The summed E-state index contributed by atoms with van der Waals surface area (Å²) in [4.78, 5) is 0. The van der Waals surface area contributed by atoms with E-state index in [4.69, 9.17) is 9.47 Å². The van der Waals surface area contributed by atoms with Gasteiger partial charge in [-0.15, -0.1) is 0 Å². The Morgan fingerprint density at radius 1 is 0.929 bits per heavy atom. The summed E-state index contributed by atoms with van der Waals surface area (Å²) in [5, 5.41) is 3.07. The van der Waals surface area contributed by atoms with Crippen LogP contribution in [0, 0.1) is 0 Å². The second-order valence-corrected chi connectivity index (χ2v) is 2.62. The first-order valence-corrected chi connectivity index (χ1v) is 5.72. The van der Waals surface area contributed by atoms with Gasteiger partial charge in [0, 0.05) is 26.4 Å². The van der Waals surface area contributed by atoms with Crippen LogP contribution in [0.15, 0.2) is 0 Å². The van der Waals surface area contributed by atoms with E-state index < -0.39 is 0 Å². The molecule has 0 heterocycles. The van der Waals surface area contributed by atoms with Crippen LogP contribution in [-0.2, 0) is 9.47 Å². The first-order chi connectivity index (χ1) is 6.91. The monoisotopic (exact) mass is 205 g/mol. The van der Waals surface area contributed by atoms with E-state index in [1.54, 1.807) is 0 Å². The topological polar surface area (TPSA) is 30.5 Å². The molecule has 0 bridgehead atoms. The minimum absolute atomic E-state index is 0.805. The highest BCUT2D eigenvalue weighted by molar-refractivity contribution is 4.40. The fourth-order valence-corrected chi connectivity index (χ4v) is 0.860. The Morgan fingerprint density at radius 2 is 1.50 bits per heavy atom. The maximum absolute atomic E-state index is 5.36. The van der Waals surface area contributed by atoms with Gasteiger partial charge >= 0.3 is 0 Å². The lowest BCUT2D eigenvalue weighted by atomic mass is 10.4. The molecular weight excluding hydrogens is 178 g/mol. The lowest BCUT2D eigenvalue weighted by Crippen LogP contribution is -2.11. The zero-order chi connectivity index (χ0) is 11.1. The molecule has 0 aromatic carbocycles. The molecule has 0 aromatic rings. The highest BCUT2D eigenvalue weighted by atomic mass is 16.5. The molecule has 3 heteroatoms. The van der Waals surface area contributed by atoms with Gasteiger partial charge in [0.15, 0.2) is 0 Å². The molecule has 3 nitrogen and oxygen atoms in total. The first kappa shape index (κ1) is 16.3. The van der Waals surface area contributed by atoms with E-state index >= 15 is 0 Å². The van der Waals surface area contributed by atoms with E-state index in [-0.39, 0.29) is 0 Å². The standard InChI is InChI=1S/C9H21NO2.C2H6/c1-3-11-8-5-9-12-7-4-6-10-2;1-2/h10H,3-9H2,1-2H3;1-2H3. The molecule has 0 aromatic heterocycles. The molecule has 0 aliphatic heterocycles. The molecule has 0 rings (SSSR count). The Hall–Kier alpha value is -0.120. The predicted molar refractivity (Wildman–Crippen MR) is 61.8 cm³/mol. The van der Waals surface area contributed by atoms with E-state index in [1.165, 1.54) is 0 Å². The van der Waals surface area contributed by atoms with Crippen LogP contribution in [0.5, 0.6) is 0 Å². The van der Waals surface area contributed by atoms with Crippen molar-refractivity contribution in [3.05, 3.63) is 0 Å². The summed E-state index contributed by atoms with van der Waals surface area (Å²) in [5.41, 5.74) is 0. The van der Waals surface area contributed by atoms with Gasteiger partial charge in [0.25, 0.3) is 0 Å². The molecule has 0 fully saturated rings. The third-order valence-corrected chi connectivity index (χ3v) is 1.50. The summed E-state index contributed by atoms with van der Waals surface area (Å²) < 4.78 is 10.5. The molecule has 88 valence electrons. The van der Waals surface area contributed by atoms with Crippen LogP contribution in [0.4, 0.5) is 0 Å². The SMILES string of the molecule is CC.CCOCCCOCCCNC. The van der Waals surface area contributed by atoms with Crippen molar-refractivity contribution in [1.82, 2.24) is 5.32 Å². The third-order valence-electron chi connectivity index (χ3n) is 1.50. The maximum Gasteiger partial charge on any atom is 0.0487 e. The van der Waals surface area contributed by atoms with Crippen LogP contribution in [0.1, 0.15) is 33.6 Å². The highest BCUT2D eigenvalue weighted by Gasteiger charge is 1.88. The maximum atomic E-state index is 5.36. The molecule has 0 atom stereocenters. The van der Waals surface area contributed by atoms with E-state index in [0.29, 0.717) is 0 Å². The Kier molecular flexibility index (Phi) is 21.7. The number of nitrogens with one attached hydrogen (secondary N) is 1. The van der Waals surface area contributed by atoms with Gasteiger partial charge in [0.05, 0.1) is 0 Å². The molecule has 0 unspecified atom stereocenters. The average Bonchev–Trinajstić information content (AvgIpc) is 2.25. The van der Waals surface area contributed by atoms with Crippen LogP contribution < -0.4 is 5.32 Å². The zero-order valence-corrected chi connectivity index (χ0v) is 10.3. The quantitative estimate of drug-likeness (QED) is 0.585. The Morgan fingerprint density at radius 3 is 2.07 bits per heavy atom. The molecule has 0 amide bonds. The molecule has 0 saturated carbocycles. The van der Waals surface area contributed by atoms with Crippen LogP contribution in [0.25, 0.3) is 0 Å². The number of ether oxygens (including phenoxy) is 2. The van der Waals surface area contributed by atoms with Crippen molar-refractivity contribution < 1.29 is 9.47 Å². The molecule has 0 spiro atoms. The third kappa shape index (κ3) is 17.8. The van der Waals surface area contributed by atoms with Crippen molar-refractivity contribution in [1.29, 1.82) is 0 Å². The molecular formula is C11H27NO2. The summed E-state index contributed by atoms with van der Waals surface area (Å²) in [7, 11) is 1.95. The summed E-state index contributed by atoms with van der Waals surface area (Å²) in [6.45, 7) is 10.3. The lowest BCUT2D eigenvalue weighted by Gasteiger charge is -2.03. The fourth-order valence-electron chi connectivity index (χ4n) is 0.860. The highest BCUT2D eigenvalue weighted by Crippen LogP contribution is 1.86. The van der Waals surface area contributed by atoms with Crippen molar-refractivity contribution >= 4 is 0 Å². The van der Waals surface area contributed by atoms with Crippen LogP contribution in [-0.4, -0.2) is 40.0 Å². The summed E-state index contributed by atoms with van der Waals surface area (Å²) in [5.74, 6) is 0. The predicted octanol–water partition coefficient (Wildman–Crippen LogP) is 2.07. The van der Waals surface area contributed by atoms with Gasteiger partial charge in [-0.3, -0.25) is 0 Å². The summed E-state index contributed by atoms with van der Waals surface area (Å²) in [6, 6.07) is 0. The van der Waals surface area contributed by atoms with E-state index in [2.05, 4.69) is 5.32 Å². The Labute approximate surface area is 89.2 Å². The number of hydrogen-bond acceptors (Lipinski definition) is 3. The number of hydrogen-bond donors (Lipinski definition) is 1. The molecule has 0 saturated heterocycles. The van der Waals surface area contributed by atoms with E-state index in [0.717, 1.165) is 45.8 Å². The first-order valence-electron chi connectivity index (χ1n) is 5.72. The smallest absolute Gasteiger partial charge is 0.0487 e. The number of rotatable bonds is 9. The minimum atomic E-state index is 0.805. The minimum Gasteiger partial charge on any atom is -0.382 e. The van der Waals surface area contributed by atoms with E-state index in [1.807, 2.05) is 27.8 Å². The van der Waals surface area contributed by atoms with Gasteiger partial charge in [-0.05, 0) is 33.4 Å². The average molecular weight is 205 g/mol. The van der Waals surface area contributed by atoms with Crippen LogP contribution >= 0.6 is 0 Å². The van der Waals surface area contributed by atoms with Gasteiger partial charge in [-0.1, -0.05) is 13.8 Å². The van der Waals surface area contributed by atoms with Crippen molar-refractivity contribution in [2.24, 2.45) is 0 Å². The van der Waals surface area contributed by atoms with Crippen molar-refractivity contribution in [3.8, 4) is 0 Å². The second kappa shape index (κ2) is 18.6. The second-order valence-electron chi connectivity index (χ2n) is 2.62. The Bertz CT molecular complexity index is 69.7. The molecule has 0 aliphatic rings. The largest absolute Gasteiger partial charge is 0.382 e. The van der Waals surface area contributed by atoms with Crippen molar-refractivity contribution in [3.63, 3.8) is 0 Å². The lowest BCUT2D eigenvalue weighted by molar-refractivity contribution is 0.0870. The molecule has 0 aliphatic carbocycles. The van der Waals surface area contributed by atoms with Crippen LogP contribution in [0.3, 0.4) is 0 Å². The van der Waals surface area contributed by atoms with Gasteiger partial charge in [-0.2, -0.15) is 0 Å². The van der Waals surface area contributed by atoms with Crippen LogP contribution in [0.2, 0.25) is 0 Å². The Balaban J connectivity index is 0.